The van der Waals surface area contributed by atoms with Crippen molar-refractivity contribution >= 4 is 11.5 Å². The van der Waals surface area contributed by atoms with Gasteiger partial charge in [0.25, 0.3) is 0 Å². The first-order valence-corrected chi connectivity index (χ1v) is 6.14. The van der Waals surface area contributed by atoms with Gasteiger partial charge in [-0.3, -0.25) is 0 Å². The quantitative estimate of drug-likeness (QED) is 0.869. The lowest BCUT2D eigenvalue weighted by molar-refractivity contribution is 0.0537. The summed E-state index contributed by atoms with van der Waals surface area (Å²) < 4.78 is 5.44. The fourth-order valence-corrected chi connectivity index (χ4v) is 2.04. The van der Waals surface area contributed by atoms with Crippen LogP contribution in [0, 0.1) is 5.92 Å². The van der Waals surface area contributed by atoms with Crippen LogP contribution < -0.4 is 10.2 Å². The molecule has 1 aliphatic heterocycles. The van der Waals surface area contributed by atoms with E-state index < -0.39 is 0 Å². The van der Waals surface area contributed by atoms with Crippen LogP contribution in [-0.4, -0.2) is 38.3 Å². The fourth-order valence-electron chi connectivity index (χ4n) is 2.04. The van der Waals surface area contributed by atoms with Crippen molar-refractivity contribution < 1.29 is 4.74 Å². The minimum absolute atomic E-state index is 0.496. The molecular formula is C13H21N3O. The summed E-state index contributed by atoms with van der Waals surface area (Å²) in [6.07, 6.45) is 2.97. The van der Waals surface area contributed by atoms with Crippen LogP contribution in [0.2, 0.25) is 0 Å². The Kier molecular flexibility index (Phi) is 3.84. The molecule has 2 heterocycles. The van der Waals surface area contributed by atoms with Crippen molar-refractivity contribution in [3.05, 3.63) is 18.3 Å². The van der Waals surface area contributed by atoms with E-state index in [2.05, 4.69) is 23.3 Å². The lowest BCUT2D eigenvalue weighted by Crippen LogP contribution is -2.35. The molecule has 2 unspecified atom stereocenters. The van der Waals surface area contributed by atoms with Crippen LogP contribution in [0.15, 0.2) is 18.3 Å². The van der Waals surface area contributed by atoms with Gasteiger partial charge in [-0.25, -0.2) is 4.98 Å². The molecule has 1 saturated heterocycles. The summed E-state index contributed by atoms with van der Waals surface area (Å²) in [4.78, 5) is 6.40. The molecule has 1 fully saturated rings. The molecule has 17 heavy (non-hydrogen) atoms. The van der Waals surface area contributed by atoms with Crippen molar-refractivity contribution in [1.29, 1.82) is 0 Å². The minimum Gasteiger partial charge on any atom is -0.381 e. The van der Waals surface area contributed by atoms with E-state index in [1.165, 1.54) is 0 Å². The Morgan fingerprint density at radius 2 is 2.24 bits per heavy atom. The fraction of sp³-hybridized carbons (Fsp3) is 0.615. The van der Waals surface area contributed by atoms with E-state index in [1.807, 2.05) is 31.3 Å². The van der Waals surface area contributed by atoms with Crippen molar-refractivity contribution in [2.24, 2.45) is 5.92 Å². The lowest BCUT2D eigenvalue weighted by Gasteiger charge is -2.30. The summed E-state index contributed by atoms with van der Waals surface area (Å²) in [5.74, 6) is 1.54. The number of hydrogen-bond donors (Lipinski definition) is 1. The number of nitrogens with zero attached hydrogens (tertiary/aromatic N) is 2. The summed E-state index contributed by atoms with van der Waals surface area (Å²) in [6.45, 7) is 3.92. The number of hydrogen-bond acceptors (Lipinski definition) is 4. The second kappa shape index (κ2) is 5.36. The highest BCUT2D eigenvalue weighted by molar-refractivity contribution is 5.48. The summed E-state index contributed by atoms with van der Waals surface area (Å²) in [5.41, 5.74) is 1.09. The predicted molar refractivity (Wildman–Crippen MR) is 70.6 cm³/mol. The van der Waals surface area contributed by atoms with Crippen LogP contribution in [-0.2, 0) is 4.74 Å². The largest absolute Gasteiger partial charge is 0.381 e. The number of ether oxygens (including phenoxy) is 1. The lowest BCUT2D eigenvalue weighted by atomic mass is 9.98. The van der Waals surface area contributed by atoms with Crippen molar-refractivity contribution in [1.82, 2.24) is 4.98 Å². The second-order valence-electron chi connectivity index (χ2n) is 4.89. The van der Waals surface area contributed by atoms with E-state index in [4.69, 9.17) is 4.74 Å². The Balaban J connectivity index is 1.98. The molecule has 94 valence electrons. The Bertz CT molecular complexity index is 350. The first-order chi connectivity index (χ1) is 8.16. The Morgan fingerprint density at radius 3 is 2.82 bits per heavy atom. The summed E-state index contributed by atoms with van der Waals surface area (Å²) >= 11 is 0. The van der Waals surface area contributed by atoms with Crippen molar-refractivity contribution in [3.8, 4) is 0 Å². The molecule has 0 radical (unpaired) electrons. The molecule has 1 aromatic rings. The van der Waals surface area contributed by atoms with Crippen molar-refractivity contribution in [2.75, 3.05) is 37.5 Å². The van der Waals surface area contributed by atoms with Gasteiger partial charge in [-0.05, 0) is 24.5 Å². The average molecular weight is 235 g/mol. The third-order valence-electron chi connectivity index (χ3n) is 3.20. The van der Waals surface area contributed by atoms with Crippen molar-refractivity contribution in [3.63, 3.8) is 0 Å². The van der Waals surface area contributed by atoms with Crippen molar-refractivity contribution in [2.45, 2.75) is 19.4 Å². The number of pyridine rings is 1. The van der Waals surface area contributed by atoms with Gasteiger partial charge in [-0.1, -0.05) is 6.92 Å². The maximum Gasteiger partial charge on any atom is 0.128 e. The second-order valence-corrected chi connectivity index (χ2v) is 4.89. The van der Waals surface area contributed by atoms with Crippen LogP contribution in [0.4, 0.5) is 11.5 Å². The van der Waals surface area contributed by atoms with Crippen LogP contribution in [0.3, 0.4) is 0 Å². The molecule has 4 nitrogen and oxygen atoms in total. The highest BCUT2D eigenvalue weighted by atomic mass is 16.5. The van der Waals surface area contributed by atoms with Crippen LogP contribution in [0.5, 0.6) is 0 Å². The number of nitrogens with one attached hydrogen (secondary N) is 1. The number of rotatable bonds is 3. The maximum absolute atomic E-state index is 5.44. The SMILES string of the molecule is CC1COCCC1Nc1ccc(N(C)C)nc1. The Labute approximate surface area is 103 Å². The van der Waals surface area contributed by atoms with Crippen LogP contribution in [0.1, 0.15) is 13.3 Å². The molecule has 1 aliphatic rings. The molecule has 0 aliphatic carbocycles. The van der Waals surface area contributed by atoms with Gasteiger partial charge in [0.05, 0.1) is 18.5 Å². The standard InChI is InChI=1S/C13H21N3O/c1-10-9-17-7-6-12(10)15-11-4-5-13(14-8-11)16(2)3/h4-5,8,10,12,15H,6-7,9H2,1-3H3. The Morgan fingerprint density at radius 1 is 1.41 bits per heavy atom. The first kappa shape index (κ1) is 12.2. The van der Waals surface area contributed by atoms with Gasteiger partial charge in [0.15, 0.2) is 0 Å². The van der Waals surface area contributed by atoms with Crippen LogP contribution in [0.25, 0.3) is 0 Å². The van der Waals surface area contributed by atoms with Gasteiger partial charge in [0, 0.05) is 26.7 Å². The molecule has 0 bridgehead atoms. The van der Waals surface area contributed by atoms with E-state index >= 15 is 0 Å². The molecule has 2 rings (SSSR count). The smallest absolute Gasteiger partial charge is 0.128 e. The number of anilines is 2. The molecule has 0 amide bonds. The zero-order valence-electron chi connectivity index (χ0n) is 10.8. The minimum atomic E-state index is 0.496. The molecule has 4 heteroatoms. The first-order valence-electron chi connectivity index (χ1n) is 6.14. The highest BCUT2D eigenvalue weighted by Gasteiger charge is 2.21. The molecule has 0 saturated carbocycles. The normalized spacial score (nSPS) is 24.4. The predicted octanol–water partition coefficient (Wildman–Crippen LogP) is 1.98. The molecule has 0 spiro atoms. The zero-order valence-corrected chi connectivity index (χ0v) is 10.8. The zero-order chi connectivity index (χ0) is 12.3. The molecule has 2 atom stereocenters. The van der Waals surface area contributed by atoms with Crippen LogP contribution >= 0.6 is 0 Å². The van der Waals surface area contributed by atoms with Gasteiger partial charge in [-0.15, -0.1) is 0 Å². The van der Waals surface area contributed by atoms with Gasteiger partial charge < -0.3 is 15.0 Å². The van der Waals surface area contributed by atoms with Gasteiger partial charge in [0.1, 0.15) is 5.82 Å². The maximum atomic E-state index is 5.44. The summed E-state index contributed by atoms with van der Waals surface area (Å²) in [7, 11) is 3.99. The molecule has 1 N–H and O–H groups in total. The van der Waals surface area contributed by atoms with E-state index in [-0.39, 0.29) is 0 Å². The Hall–Kier alpha value is -1.29. The van der Waals surface area contributed by atoms with Gasteiger partial charge >= 0.3 is 0 Å². The van der Waals surface area contributed by atoms with E-state index in [0.29, 0.717) is 12.0 Å². The van der Waals surface area contributed by atoms with Gasteiger partial charge in [-0.2, -0.15) is 0 Å². The monoisotopic (exact) mass is 235 g/mol. The summed E-state index contributed by atoms with van der Waals surface area (Å²) in [5, 5.41) is 3.54. The third-order valence-corrected chi connectivity index (χ3v) is 3.20. The van der Waals surface area contributed by atoms with E-state index in [1.54, 1.807) is 0 Å². The molecular weight excluding hydrogens is 214 g/mol. The highest BCUT2D eigenvalue weighted by Crippen LogP contribution is 2.20. The van der Waals surface area contributed by atoms with E-state index in [0.717, 1.165) is 31.1 Å². The topological polar surface area (TPSA) is 37.4 Å². The van der Waals surface area contributed by atoms with E-state index in [9.17, 15) is 0 Å². The van der Waals surface area contributed by atoms with Gasteiger partial charge in [0.2, 0.25) is 0 Å². The molecule has 0 aromatic carbocycles. The molecule has 1 aromatic heterocycles. The average Bonchev–Trinajstić information content (AvgIpc) is 2.33. The number of aromatic nitrogens is 1. The summed E-state index contributed by atoms with van der Waals surface area (Å²) in [6, 6.07) is 4.62. The third kappa shape index (κ3) is 3.09.